The first kappa shape index (κ1) is 16.0. The van der Waals surface area contributed by atoms with Crippen LogP contribution >= 0.6 is 11.6 Å². The van der Waals surface area contributed by atoms with Gasteiger partial charge in [-0.25, -0.2) is 18.1 Å². The molecule has 0 aromatic heterocycles. The lowest BCUT2D eigenvalue weighted by atomic mass is 10.4. The summed E-state index contributed by atoms with van der Waals surface area (Å²) in [6.07, 6.45) is 0. The van der Waals surface area contributed by atoms with Gasteiger partial charge >= 0.3 is 0 Å². The van der Waals surface area contributed by atoms with Crippen molar-refractivity contribution in [2.45, 2.75) is 4.90 Å². The van der Waals surface area contributed by atoms with Gasteiger partial charge in [0.05, 0.1) is 24.8 Å². The summed E-state index contributed by atoms with van der Waals surface area (Å²) in [6, 6.07) is 5.94. The summed E-state index contributed by atoms with van der Waals surface area (Å²) in [6.45, 7) is 2.24. The van der Waals surface area contributed by atoms with Crippen molar-refractivity contribution < 1.29 is 13.2 Å². The molecule has 1 aliphatic rings. The molecule has 2 N–H and O–H groups in total. The quantitative estimate of drug-likeness (QED) is 0.817. The number of hydrogen-bond donors (Lipinski definition) is 2. The third kappa shape index (κ3) is 4.57. The molecule has 2 rings (SSSR count). The monoisotopic (exact) mass is 332 g/mol. The number of guanidine groups is 1. The summed E-state index contributed by atoms with van der Waals surface area (Å²) >= 11 is 5.74. The fourth-order valence-corrected chi connectivity index (χ4v) is 2.83. The molecule has 1 aliphatic heterocycles. The van der Waals surface area contributed by atoms with E-state index in [1.807, 2.05) is 4.90 Å². The van der Waals surface area contributed by atoms with Crippen LogP contribution in [0.5, 0.6) is 0 Å². The minimum absolute atomic E-state index is 0.137. The van der Waals surface area contributed by atoms with Gasteiger partial charge in [-0.3, -0.25) is 4.90 Å². The highest BCUT2D eigenvalue weighted by Crippen LogP contribution is 2.13. The van der Waals surface area contributed by atoms with Gasteiger partial charge in [-0.15, -0.1) is 0 Å². The highest BCUT2D eigenvalue weighted by molar-refractivity contribution is 7.90. The molecule has 1 heterocycles. The number of nitrogens with one attached hydrogen (secondary N) is 2. The molecule has 1 aromatic rings. The minimum atomic E-state index is -3.66. The van der Waals surface area contributed by atoms with Gasteiger partial charge in [-0.05, 0) is 24.3 Å². The van der Waals surface area contributed by atoms with Crippen molar-refractivity contribution >= 4 is 27.6 Å². The van der Waals surface area contributed by atoms with Gasteiger partial charge in [0.1, 0.15) is 0 Å². The van der Waals surface area contributed by atoms with E-state index in [0.717, 1.165) is 6.54 Å². The molecule has 0 amide bonds. The number of benzene rings is 1. The number of halogens is 1. The van der Waals surface area contributed by atoms with Gasteiger partial charge in [-0.1, -0.05) is 11.6 Å². The van der Waals surface area contributed by atoms with Crippen molar-refractivity contribution in [1.29, 1.82) is 0 Å². The van der Waals surface area contributed by atoms with Crippen LogP contribution in [0.2, 0.25) is 5.02 Å². The molecule has 0 fully saturated rings. The molecule has 0 saturated carbocycles. The second-order valence-corrected chi connectivity index (χ2v) is 6.55. The lowest BCUT2D eigenvalue weighted by molar-refractivity contribution is 0.144. The molecule has 7 nitrogen and oxygen atoms in total. The first-order chi connectivity index (χ1) is 10.0. The standard InChI is InChI=1S/C12H17ClN4O3S/c1-20-7-6-17-8-14-12(15-9-17)16-21(18,19)11-4-2-10(13)3-5-11/h2-5H,6-9H2,1H3,(H2,14,15,16). The fraction of sp³-hybridized carbons (Fsp3) is 0.417. The van der Waals surface area contributed by atoms with E-state index < -0.39 is 10.0 Å². The predicted molar refractivity (Wildman–Crippen MR) is 80.7 cm³/mol. The molecule has 116 valence electrons. The summed E-state index contributed by atoms with van der Waals surface area (Å²) in [5, 5.41) is 3.40. The van der Waals surface area contributed by atoms with Gasteiger partial charge in [0.2, 0.25) is 5.96 Å². The molecular formula is C12H17ClN4O3S. The van der Waals surface area contributed by atoms with E-state index in [-0.39, 0.29) is 10.9 Å². The zero-order chi connectivity index (χ0) is 15.3. The van der Waals surface area contributed by atoms with Crippen LogP contribution in [0.4, 0.5) is 0 Å². The maximum Gasteiger partial charge on any atom is 0.264 e. The third-order valence-corrected chi connectivity index (χ3v) is 4.47. The average molecular weight is 333 g/mol. The van der Waals surface area contributed by atoms with Gasteiger partial charge in [0.25, 0.3) is 10.0 Å². The number of aliphatic imine (C=N–C) groups is 1. The third-order valence-electron chi connectivity index (χ3n) is 2.87. The normalized spacial score (nSPS) is 16.2. The van der Waals surface area contributed by atoms with Gasteiger partial charge < -0.3 is 10.1 Å². The molecular weight excluding hydrogens is 316 g/mol. The molecule has 0 radical (unpaired) electrons. The van der Waals surface area contributed by atoms with E-state index in [1.165, 1.54) is 24.3 Å². The van der Waals surface area contributed by atoms with Crippen LogP contribution < -0.4 is 10.0 Å². The Kier molecular flexibility index (Phi) is 5.40. The number of nitrogens with zero attached hydrogens (tertiary/aromatic N) is 2. The second kappa shape index (κ2) is 7.08. The van der Waals surface area contributed by atoms with E-state index in [2.05, 4.69) is 15.0 Å². The SMILES string of the molecule is COCCN1CN=C(NS(=O)(=O)c2ccc(Cl)cc2)NC1. The van der Waals surface area contributed by atoms with Crippen LogP contribution in [-0.2, 0) is 14.8 Å². The van der Waals surface area contributed by atoms with Crippen LogP contribution in [0, 0.1) is 0 Å². The number of hydrogen-bond acceptors (Lipinski definition) is 6. The Morgan fingerprint density at radius 3 is 2.71 bits per heavy atom. The Labute approximate surface area is 129 Å². The number of sulfonamides is 1. The smallest absolute Gasteiger partial charge is 0.264 e. The summed E-state index contributed by atoms with van der Waals surface area (Å²) in [5.74, 6) is 0.235. The zero-order valence-corrected chi connectivity index (χ0v) is 13.1. The first-order valence-electron chi connectivity index (χ1n) is 6.29. The largest absolute Gasteiger partial charge is 0.383 e. The minimum Gasteiger partial charge on any atom is -0.383 e. The lowest BCUT2D eigenvalue weighted by Gasteiger charge is -2.26. The highest BCUT2D eigenvalue weighted by Gasteiger charge is 2.19. The molecule has 0 saturated heterocycles. The maximum atomic E-state index is 12.2. The molecule has 1 aromatic carbocycles. The Morgan fingerprint density at radius 1 is 1.43 bits per heavy atom. The Hall–Kier alpha value is -1.35. The van der Waals surface area contributed by atoms with Gasteiger partial charge in [0.15, 0.2) is 0 Å². The van der Waals surface area contributed by atoms with Gasteiger partial charge in [0, 0.05) is 18.7 Å². The molecule has 0 atom stereocenters. The highest BCUT2D eigenvalue weighted by atomic mass is 35.5. The van der Waals surface area contributed by atoms with Crippen molar-refractivity contribution in [2.24, 2.45) is 4.99 Å². The molecule has 21 heavy (non-hydrogen) atoms. The first-order valence-corrected chi connectivity index (χ1v) is 8.15. The molecule has 0 aliphatic carbocycles. The Morgan fingerprint density at radius 2 is 2.14 bits per heavy atom. The van der Waals surface area contributed by atoms with Crippen molar-refractivity contribution in [1.82, 2.24) is 14.9 Å². The maximum absolute atomic E-state index is 12.2. The van der Waals surface area contributed by atoms with Crippen LogP contribution in [0.1, 0.15) is 0 Å². The summed E-state index contributed by atoms with van der Waals surface area (Å²) < 4.78 is 31.7. The summed E-state index contributed by atoms with van der Waals surface area (Å²) in [5.41, 5.74) is 0. The number of methoxy groups -OCH3 is 1. The van der Waals surface area contributed by atoms with E-state index in [4.69, 9.17) is 16.3 Å². The fourth-order valence-electron chi connectivity index (χ4n) is 1.70. The lowest BCUT2D eigenvalue weighted by Crippen LogP contribution is -2.50. The van der Waals surface area contributed by atoms with E-state index >= 15 is 0 Å². The van der Waals surface area contributed by atoms with Crippen LogP contribution in [0.15, 0.2) is 34.2 Å². The van der Waals surface area contributed by atoms with Crippen molar-refractivity contribution in [2.75, 3.05) is 33.6 Å². The topological polar surface area (TPSA) is 83.0 Å². The molecule has 0 spiro atoms. The molecule has 0 bridgehead atoms. The van der Waals surface area contributed by atoms with Crippen molar-refractivity contribution in [3.05, 3.63) is 29.3 Å². The van der Waals surface area contributed by atoms with Crippen LogP contribution in [0.3, 0.4) is 0 Å². The number of ether oxygens (including phenoxy) is 1. The summed E-state index contributed by atoms with van der Waals surface area (Å²) in [7, 11) is -2.02. The van der Waals surface area contributed by atoms with Crippen LogP contribution in [0.25, 0.3) is 0 Å². The Bertz CT molecular complexity index is 603. The molecule has 0 unspecified atom stereocenters. The van der Waals surface area contributed by atoms with Gasteiger partial charge in [-0.2, -0.15) is 0 Å². The predicted octanol–water partition coefficient (Wildman–Crippen LogP) is 0.441. The van der Waals surface area contributed by atoms with E-state index in [1.54, 1.807) is 7.11 Å². The number of rotatable bonds is 5. The average Bonchev–Trinajstić information content (AvgIpc) is 2.47. The Balaban J connectivity index is 1.98. The van der Waals surface area contributed by atoms with Crippen molar-refractivity contribution in [3.8, 4) is 0 Å². The molecule has 9 heteroatoms. The van der Waals surface area contributed by atoms with E-state index in [0.29, 0.717) is 25.0 Å². The zero-order valence-electron chi connectivity index (χ0n) is 11.5. The van der Waals surface area contributed by atoms with Crippen molar-refractivity contribution in [3.63, 3.8) is 0 Å². The van der Waals surface area contributed by atoms with Crippen LogP contribution in [-0.4, -0.2) is 52.9 Å². The summed E-state index contributed by atoms with van der Waals surface area (Å²) in [4.78, 5) is 6.28. The second-order valence-electron chi connectivity index (χ2n) is 4.43. The van der Waals surface area contributed by atoms with E-state index in [9.17, 15) is 8.42 Å².